The fraction of sp³-hybridized carbons (Fsp3) is 0.250. The molecule has 3 nitrogen and oxygen atoms in total. The Bertz CT molecular complexity index is 433. The molecule has 6 heteroatoms. The molecular formula is C8H9ClINO2S. The average molecular weight is 346 g/mol. The second kappa shape index (κ2) is 4.67. The van der Waals surface area contributed by atoms with Gasteiger partial charge in [0.25, 0.3) is 0 Å². The van der Waals surface area contributed by atoms with Gasteiger partial charge in [0, 0.05) is 8.59 Å². The number of nitrogens with one attached hydrogen (secondary N) is 1. The SMILES string of the molecule is CCS(=O)(=O)Nc1cc(Cl)ccc1I. The average Bonchev–Trinajstić information content (AvgIpc) is 2.11. The smallest absolute Gasteiger partial charge is 0.232 e. The van der Waals surface area contributed by atoms with Gasteiger partial charge in [-0.05, 0) is 47.7 Å². The van der Waals surface area contributed by atoms with E-state index in [4.69, 9.17) is 11.6 Å². The Labute approximate surface area is 102 Å². The Morgan fingerprint density at radius 3 is 2.71 bits per heavy atom. The molecule has 0 aliphatic carbocycles. The summed E-state index contributed by atoms with van der Waals surface area (Å²) < 4.78 is 25.8. The van der Waals surface area contributed by atoms with Crippen molar-refractivity contribution in [2.24, 2.45) is 0 Å². The Kier molecular flexibility index (Phi) is 4.03. The molecule has 0 aromatic heterocycles. The molecule has 1 N–H and O–H groups in total. The van der Waals surface area contributed by atoms with Crippen LogP contribution >= 0.6 is 34.2 Å². The number of hydrogen-bond donors (Lipinski definition) is 1. The van der Waals surface area contributed by atoms with Crippen molar-refractivity contribution in [2.75, 3.05) is 10.5 Å². The van der Waals surface area contributed by atoms with E-state index < -0.39 is 10.0 Å². The maximum absolute atomic E-state index is 11.3. The Morgan fingerprint density at radius 1 is 1.50 bits per heavy atom. The van der Waals surface area contributed by atoms with Crippen LogP contribution in [0.2, 0.25) is 5.02 Å². The molecular weight excluding hydrogens is 337 g/mol. The zero-order valence-electron chi connectivity index (χ0n) is 7.42. The van der Waals surface area contributed by atoms with Crippen molar-refractivity contribution >= 4 is 49.9 Å². The number of rotatable bonds is 3. The maximum atomic E-state index is 11.3. The van der Waals surface area contributed by atoms with Gasteiger partial charge in [-0.1, -0.05) is 11.6 Å². The Balaban J connectivity index is 3.03. The molecule has 1 aromatic rings. The molecule has 0 aliphatic rings. The van der Waals surface area contributed by atoms with E-state index >= 15 is 0 Å². The summed E-state index contributed by atoms with van der Waals surface area (Å²) in [5.74, 6) is 0.0512. The number of halogens is 2. The quantitative estimate of drug-likeness (QED) is 0.856. The summed E-state index contributed by atoms with van der Waals surface area (Å²) in [6.07, 6.45) is 0. The second-order valence-corrected chi connectivity index (χ2v) is 6.24. The van der Waals surface area contributed by atoms with E-state index in [0.717, 1.165) is 3.57 Å². The molecule has 1 rings (SSSR count). The summed E-state index contributed by atoms with van der Waals surface area (Å²) in [4.78, 5) is 0. The lowest BCUT2D eigenvalue weighted by Crippen LogP contribution is -2.15. The van der Waals surface area contributed by atoms with Crippen LogP contribution in [0.25, 0.3) is 0 Å². The van der Waals surface area contributed by atoms with Crippen LogP contribution in [0.15, 0.2) is 18.2 Å². The van der Waals surface area contributed by atoms with Crippen molar-refractivity contribution in [1.82, 2.24) is 0 Å². The van der Waals surface area contributed by atoms with E-state index in [2.05, 4.69) is 4.72 Å². The first kappa shape index (κ1) is 12.1. The second-order valence-electron chi connectivity index (χ2n) is 2.63. The molecule has 0 saturated carbocycles. The van der Waals surface area contributed by atoms with Gasteiger partial charge in [0.2, 0.25) is 10.0 Å². The van der Waals surface area contributed by atoms with E-state index in [9.17, 15) is 8.42 Å². The fourth-order valence-electron chi connectivity index (χ4n) is 0.815. The van der Waals surface area contributed by atoms with Crippen molar-refractivity contribution in [2.45, 2.75) is 6.92 Å². The lowest BCUT2D eigenvalue weighted by molar-refractivity contribution is 0.602. The summed E-state index contributed by atoms with van der Waals surface area (Å²) in [6, 6.07) is 5.07. The summed E-state index contributed by atoms with van der Waals surface area (Å²) in [5, 5.41) is 0.513. The largest absolute Gasteiger partial charge is 0.282 e. The maximum Gasteiger partial charge on any atom is 0.232 e. The van der Waals surface area contributed by atoms with Gasteiger partial charge in [0.15, 0.2) is 0 Å². The van der Waals surface area contributed by atoms with Crippen molar-refractivity contribution in [3.8, 4) is 0 Å². The van der Waals surface area contributed by atoms with Crippen LogP contribution in [0.4, 0.5) is 5.69 Å². The summed E-state index contributed by atoms with van der Waals surface area (Å²) in [7, 11) is -3.23. The zero-order valence-corrected chi connectivity index (χ0v) is 11.1. The third-order valence-corrected chi connectivity index (χ3v) is 4.04. The molecule has 0 heterocycles. The van der Waals surface area contributed by atoms with Gasteiger partial charge < -0.3 is 0 Å². The highest BCUT2D eigenvalue weighted by molar-refractivity contribution is 14.1. The van der Waals surface area contributed by atoms with Crippen LogP contribution in [-0.2, 0) is 10.0 Å². The highest BCUT2D eigenvalue weighted by Crippen LogP contribution is 2.23. The molecule has 0 amide bonds. The Morgan fingerprint density at radius 2 is 2.14 bits per heavy atom. The van der Waals surface area contributed by atoms with Crippen molar-refractivity contribution in [3.05, 3.63) is 26.8 Å². The molecule has 0 atom stereocenters. The van der Waals surface area contributed by atoms with Crippen LogP contribution in [0.3, 0.4) is 0 Å². The topological polar surface area (TPSA) is 46.2 Å². The van der Waals surface area contributed by atoms with E-state index in [1.165, 1.54) is 0 Å². The van der Waals surface area contributed by atoms with Gasteiger partial charge in [-0.25, -0.2) is 8.42 Å². The molecule has 0 fully saturated rings. The normalized spacial score (nSPS) is 11.4. The van der Waals surface area contributed by atoms with Crippen LogP contribution in [0.5, 0.6) is 0 Å². The molecule has 0 aliphatic heterocycles. The minimum Gasteiger partial charge on any atom is -0.282 e. The standard InChI is InChI=1S/C8H9ClINO2S/c1-2-14(12,13)11-8-5-6(9)3-4-7(8)10/h3-5,11H,2H2,1H3. The Hall–Kier alpha value is -0.0100. The lowest BCUT2D eigenvalue weighted by atomic mass is 10.3. The minimum atomic E-state index is -3.23. The first-order chi connectivity index (χ1) is 6.44. The van der Waals surface area contributed by atoms with Crippen LogP contribution in [0, 0.1) is 3.57 Å². The number of benzene rings is 1. The highest BCUT2D eigenvalue weighted by Gasteiger charge is 2.09. The monoisotopic (exact) mass is 345 g/mol. The molecule has 0 saturated heterocycles. The molecule has 14 heavy (non-hydrogen) atoms. The number of sulfonamides is 1. The number of anilines is 1. The minimum absolute atomic E-state index is 0.0512. The molecule has 0 spiro atoms. The van der Waals surface area contributed by atoms with Gasteiger partial charge >= 0.3 is 0 Å². The van der Waals surface area contributed by atoms with Gasteiger partial charge in [-0.15, -0.1) is 0 Å². The van der Waals surface area contributed by atoms with E-state index in [1.807, 2.05) is 22.6 Å². The van der Waals surface area contributed by atoms with Gasteiger partial charge in [0.05, 0.1) is 11.4 Å². The van der Waals surface area contributed by atoms with E-state index in [-0.39, 0.29) is 5.75 Å². The highest BCUT2D eigenvalue weighted by atomic mass is 127. The predicted molar refractivity (Wildman–Crippen MR) is 67.3 cm³/mol. The summed E-state index contributed by atoms with van der Waals surface area (Å²) in [5.41, 5.74) is 0.528. The summed E-state index contributed by atoms with van der Waals surface area (Å²) in [6.45, 7) is 1.58. The van der Waals surface area contributed by atoms with Crippen molar-refractivity contribution in [1.29, 1.82) is 0 Å². The molecule has 1 aromatic carbocycles. The third kappa shape index (κ3) is 3.29. The van der Waals surface area contributed by atoms with Gasteiger partial charge in [-0.2, -0.15) is 0 Å². The fourth-order valence-corrected chi connectivity index (χ4v) is 2.29. The van der Waals surface area contributed by atoms with Crippen LogP contribution in [0.1, 0.15) is 6.92 Å². The molecule has 0 radical (unpaired) electrons. The predicted octanol–water partition coefficient (Wildman–Crippen LogP) is 2.71. The van der Waals surface area contributed by atoms with Gasteiger partial charge in [-0.3, -0.25) is 4.72 Å². The summed E-state index contributed by atoms with van der Waals surface area (Å²) >= 11 is 7.80. The van der Waals surface area contributed by atoms with Crippen LogP contribution in [-0.4, -0.2) is 14.2 Å². The molecule has 78 valence electrons. The first-order valence-electron chi connectivity index (χ1n) is 3.90. The zero-order chi connectivity index (χ0) is 10.8. The lowest BCUT2D eigenvalue weighted by Gasteiger charge is -2.08. The number of hydrogen-bond acceptors (Lipinski definition) is 2. The first-order valence-corrected chi connectivity index (χ1v) is 7.01. The van der Waals surface area contributed by atoms with E-state index in [1.54, 1.807) is 25.1 Å². The van der Waals surface area contributed by atoms with E-state index in [0.29, 0.717) is 10.7 Å². The van der Waals surface area contributed by atoms with Crippen LogP contribution < -0.4 is 4.72 Å². The molecule has 0 bridgehead atoms. The van der Waals surface area contributed by atoms with Gasteiger partial charge in [0.1, 0.15) is 0 Å². The van der Waals surface area contributed by atoms with Crippen molar-refractivity contribution in [3.63, 3.8) is 0 Å². The third-order valence-electron chi connectivity index (χ3n) is 1.57. The van der Waals surface area contributed by atoms with Crippen molar-refractivity contribution < 1.29 is 8.42 Å². The molecule has 0 unspecified atom stereocenters.